The van der Waals surface area contributed by atoms with Gasteiger partial charge < -0.3 is 24.1 Å². The molecule has 0 aliphatic heterocycles. The minimum absolute atomic E-state index is 0.0799. The molecule has 0 fully saturated rings. The van der Waals surface area contributed by atoms with E-state index in [0.29, 0.717) is 12.8 Å². The number of imidazole rings is 1. The van der Waals surface area contributed by atoms with E-state index < -0.39 is 0 Å². The fourth-order valence-corrected chi connectivity index (χ4v) is 3.31. The third-order valence-corrected chi connectivity index (χ3v) is 4.98. The van der Waals surface area contributed by atoms with Gasteiger partial charge in [0.2, 0.25) is 5.91 Å². The second kappa shape index (κ2) is 9.82. The van der Waals surface area contributed by atoms with E-state index >= 15 is 0 Å². The first-order chi connectivity index (χ1) is 14.5. The molecule has 0 spiro atoms. The van der Waals surface area contributed by atoms with Crippen molar-refractivity contribution in [3.63, 3.8) is 0 Å². The van der Waals surface area contributed by atoms with Crippen molar-refractivity contribution in [2.75, 3.05) is 21.3 Å². The van der Waals surface area contributed by atoms with Crippen molar-refractivity contribution in [2.24, 2.45) is 7.05 Å². The van der Waals surface area contributed by atoms with E-state index in [-0.39, 0.29) is 11.9 Å². The highest BCUT2D eigenvalue weighted by atomic mass is 16.5. The molecule has 1 heterocycles. The molecule has 7 heteroatoms. The number of benzene rings is 2. The van der Waals surface area contributed by atoms with Crippen LogP contribution in [0.5, 0.6) is 17.2 Å². The van der Waals surface area contributed by atoms with E-state index in [2.05, 4.69) is 10.3 Å². The Morgan fingerprint density at radius 1 is 1.03 bits per heavy atom. The number of amides is 1. The molecule has 0 aliphatic carbocycles. The highest BCUT2D eigenvalue weighted by Gasteiger charge is 2.21. The topological polar surface area (TPSA) is 74.6 Å². The van der Waals surface area contributed by atoms with Crippen molar-refractivity contribution >= 4 is 5.91 Å². The van der Waals surface area contributed by atoms with Gasteiger partial charge >= 0.3 is 0 Å². The summed E-state index contributed by atoms with van der Waals surface area (Å²) in [5, 5.41) is 3.12. The van der Waals surface area contributed by atoms with Crippen LogP contribution in [0.15, 0.2) is 54.9 Å². The normalized spacial score (nSPS) is 11.6. The first-order valence-corrected chi connectivity index (χ1v) is 9.67. The SMILES string of the molecule is COc1ccc(C(NC(=O)CCc2cc(OC)ccc2OC)c2nccn2C)cc1. The van der Waals surface area contributed by atoms with Crippen LogP contribution in [0.1, 0.15) is 29.4 Å². The molecule has 7 nitrogen and oxygen atoms in total. The summed E-state index contributed by atoms with van der Waals surface area (Å²) in [7, 11) is 6.77. The van der Waals surface area contributed by atoms with Crippen LogP contribution in [0.3, 0.4) is 0 Å². The number of aromatic nitrogens is 2. The second-order valence-corrected chi connectivity index (χ2v) is 6.85. The summed E-state index contributed by atoms with van der Waals surface area (Å²) in [6.07, 6.45) is 4.42. The third kappa shape index (κ3) is 4.92. The third-order valence-electron chi connectivity index (χ3n) is 4.98. The summed E-state index contributed by atoms with van der Waals surface area (Å²) in [4.78, 5) is 17.3. The largest absolute Gasteiger partial charge is 0.497 e. The molecule has 0 saturated heterocycles. The zero-order valence-electron chi connectivity index (χ0n) is 17.7. The molecule has 1 atom stereocenters. The van der Waals surface area contributed by atoms with Crippen LogP contribution in [0, 0.1) is 0 Å². The molecule has 0 bridgehead atoms. The maximum Gasteiger partial charge on any atom is 0.221 e. The van der Waals surface area contributed by atoms with Crippen molar-refractivity contribution < 1.29 is 19.0 Å². The van der Waals surface area contributed by atoms with Gasteiger partial charge in [-0.25, -0.2) is 4.98 Å². The zero-order chi connectivity index (χ0) is 21.5. The second-order valence-electron chi connectivity index (χ2n) is 6.85. The van der Waals surface area contributed by atoms with Gasteiger partial charge in [-0.2, -0.15) is 0 Å². The Labute approximate surface area is 176 Å². The lowest BCUT2D eigenvalue weighted by atomic mass is 10.0. The molecule has 0 saturated carbocycles. The molecule has 30 heavy (non-hydrogen) atoms. The van der Waals surface area contributed by atoms with E-state index in [9.17, 15) is 4.79 Å². The van der Waals surface area contributed by atoms with Crippen LogP contribution in [0.4, 0.5) is 0 Å². The molecule has 1 N–H and O–H groups in total. The van der Waals surface area contributed by atoms with Crippen molar-refractivity contribution in [3.8, 4) is 17.2 Å². The van der Waals surface area contributed by atoms with Gasteiger partial charge in [0.1, 0.15) is 29.1 Å². The van der Waals surface area contributed by atoms with Crippen LogP contribution in [0.2, 0.25) is 0 Å². The van der Waals surface area contributed by atoms with Crippen LogP contribution in [-0.4, -0.2) is 36.8 Å². The van der Waals surface area contributed by atoms with Gasteiger partial charge in [-0.15, -0.1) is 0 Å². The maximum atomic E-state index is 12.8. The highest BCUT2D eigenvalue weighted by molar-refractivity contribution is 5.77. The molecule has 2 aromatic carbocycles. The minimum Gasteiger partial charge on any atom is -0.497 e. The Kier molecular flexibility index (Phi) is 6.95. The number of nitrogens with one attached hydrogen (secondary N) is 1. The molecule has 1 aromatic heterocycles. The summed E-state index contributed by atoms with van der Waals surface area (Å²) < 4.78 is 17.8. The summed E-state index contributed by atoms with van der Waals surface area (Å²) >= 11 is 0. The lowest BCUT2D eigenvalue weighted by molar-refractivity contribution is -0.121. The predicted octanol–water partition coefficient (Wildman–Crippen LogP) is 3.28. The summed E-state index contributed by atoms with van der Waals surface area (Å²) in [6.45, 7) is 0. The zero-order valence-corrected chi connectivity index (χ0v) is 17.7. The van der Waals surface area contributed by atoms with E-state index in [1.807, 2.05) is 60.3 Å². The van der Waals surface area contributed by atoms with Gasteiger partial charge in [0.15, 0.2) is 0 Å². The van der Waals surface area contributed by atoms with Gasteiger partial charge in [0, 0.05) is 25.9 Å². The first kappa shape index (κ1) is 21.2. The number of aryl methyl sites for hydroxylation is 2. The van der Waals surface area contributed by atoms with E-state index in [4.69, 9.17) is 14.2 Å². The summed E-state index contributed by atoms with van der Waals surface area (Å²) in [5.41, 5.74) is 1.85. The highest BCUT2D eigenvalue weighted by Crippen LogP contribution is 2.26. The predicted molar refractivity (Wildman–Crippen MR) is 114 cm³/mol. The van der Waals surface area contributed by atoms with Gasteiger partial charge in [0.25, 0.3) is 0 Å². The van der Waals surface area contributed by atoms with Crippen molar-refractivity contribution in [3.05, 3.63) is 71.8 Å². The van der Waals surface area contributed by atoms with Crippen LogP contribution in [0.25, 0.3) is 0 Å². The lowest BCUT2D eigenvalue weighted by Gasteiger charge is -2.20. The van der Waals surface area contributed by atoms with Crippen LogP contribution >= 0.6 is 0 Å². The number of nitrogens with zero attached hydrogens (tertiary/aromatic N) is 2. The Morgan fingerprint density at radius 3 is 2.33 bits per heavy atom. The van der Waals surface area contributed by atoms with Crippen LogP contribution < -0.4 is 19.5 Å². The van der Waals surface area contributed by atoms with Gasteiger partial charge in [-0.05, 0) is 47.9 Å². The van der Waals surface area contributed by atoms with Crippen molar-refractivity contribution in [1.29, 1.82) is 0 Å². The molecule has 1 amide bonds. The van der Waals surface area contributed by atoms with E-state index in [1.54, 1.807) is 27.5 Å². The molecular formula is C23H27N3O4. The summed E-state index contributed by atoms with van der Waals surface area (Å²) in [5.74, 6) is 2.90. The number of rotatable bonds is 9. The minimum atomic E-state index is -0.365. The van der Waals surface area contributed by atoms with Gasteiger partial charge in [-0.1, -0.05) is 12.1 Å². The van der Waals surface area contributed by atoms with Gasteiger partial charge in [-0.3, -0.25) is 4.79 Å². The number of hydrogen-bond acceptors (Lipinski definition) is 5. The van der Waals surface area contributed by atoms with Crippen molar-refractivity contribution in [1.82, 2.24) is 14.9 Å². The Bertz CT molecular complexity index is 982. The number of hydrogen-bond donors (Lipinski definition) is 1. The van der Waals surface area contributed by atoms with E-state index in [1.165, 1.54) is 0 Å². The fourth-order valence-electron chi connectivity index (χ4n) is 3.31. The average molecular weight is 409 g/mol. The Morgan fingerprint density at radius 2 is 1.73 bits per heavy atom. The number of ether oxygens (including phenoxy) is 3. The standard InChI is InChI=1S/C23H27N3O4/c1-26-14-13-24-23(26)22(16-5-8-18(28-2)9-6-16)25-21(27)12-7-17-15-19(29-3)10-11-20(17)30-4/h5-6,8-11,13-15,22H,7,12H2,1-4H3,(H,25,27). The van der Waals surface area contributed by atoms with E-state index in [0.717, 1.165) is 34.2 Å². The Balaban J connectivity index is 1.76. The maximum absolute atomic E-state index is 12.8. The number of methoxy groups -OCH3 is 3. The fraction of sp³-hybridized carbons (Fsp3) is 0.304. The average Bonchev–Trinajstić information content (AvgIpc) is 3.21. The molecular weight excluding hydrogens is 382 g/mol. The van der Waals surface area contributed by atoms with Crippen molar-refractivity contribution in [2.45, 2.75) is 18.9 Å². The number of carbonyl (C=O) groups is 1. The molecule has 1 unspecified atom stereocenters. The molecule has 3 rings (SSSR count). The number of carbonyl (C=O) groups excluding carboxylic acids is 1. The Hall–Kier alpha value is -3.48. The molecule has 0 aliphatic rings. The lowest BCUT2D eigenvalue weighted by Crippen LogP contribution is -2.31. The molecule has 3 aromatic rings. The molecule has 158 valence electrons. The van der Waals surface area contributed by atoms with Gasteiger partial charge in [0.05, 0.1) is 21.3 Å². The first-order valence-electron chi connectivity index (χ1n) is 9.67. The summed E-state index contributed by atoms with van der Waals surface area (Å²) in [6, 6.07) is 12.8. The van der Waals surface area contributed by atoms with Crippen LogP contribution in [-0.2, 0) is 18.3 Å². The monoisotopic (exact) mass is 409 g/mol. The molecule has 0 radical (unpaired) electrons. The smallest absolute Gasteiger partial charge is 0.221 e. The quantitative estimate of drug-likeness (QED) is 0.587.